The van der Waals surface area contributed by atoms with Crippen LogP contribution in [0.15, 0.2) is 30.3 Å². The van der Waals surface area contributed by atoms with Crippen LogP contribution in [0.4, 0.5) is 0 Å². The number of aliphatic carboxylic acids is 1. The van der Waals surface area contributed by atoms with E-state index in [1.165, 1.54) is 6.08 Å². The van der Waals surface area contributed by atoms with Gasteiger partial charge in [0.2, 0.25) is 5.91 Å². The Morgan fingerprint density at radius 1 is 1.24 bits per heavy atom. The number of hydrogen-bond acceptors (Lipinski definition) is 3. The van der Waals surface area contributed by atoms with Gasteiger partial charge >= 0.3 is 5.97 Å². The van der Waals surface area contributed by atoms with Crippen LogP contribution in [0.25, 0.3) is 6.08 Å². The fourth-order valence-electron chi connectivity index (χ4n) is 1.87. The average molecular weight is 291 g/mol. The number of carboxylic acid groups (broad SMARTS) is 1. The van der Waals surface area contributed by atoms with Crippen LogP contribution in [0, 0.1) is 0 Å². The van der Waals surface area contributed by atoms with Crippen molar-refractivity contribution in [1.29, 1.82) is 0 Å². The Balaban J connectivity index is 2.63. The van der Waals surface area contributed by atoms with E-state index in [0.717, 1.165) is 5.56 Å². The summed E-state index contributed by atoms with van der Waals surface area (Å²) in [6.07, 6.45) is 3.63. The van der Waals surface area contributed by atoms with Crippen LogP contribution in [0.2, 0.25) is 0 Å². The van der Waals surface area contributed by atoms with Crippen molar-refractivity contribution in [2.45, 2.75) is 32.7 Å². The molecule has 0 aliphatic carbocycles. The topological polar surface area (TPSA) is 77.8 Å². The number of aromatic hydroxyl groups is 1. The van der Waals surface area contributed by atoms with Crippen LogP contribution in [-0.4, -0.2) is 39.6 Å². The minimum absolute atomic E-state index is 0.00997. The van der Waals surface area contributed by atoms with Crippen LogP contribution in [0.3, 0.4) is 0 Å². The van der Waals surface area contributed by atoms with E-state index >= 15 is 0 Å². The highest BCUT2D eigenvalue weighted by Crippen LogP contribution is 2.11. The van der Waals surface area contributed by atoms with Crippen LogP contribution < -0.4 is 0 Å². The lowest BCUT2D eigenvalue weighted by Crippen LogP contribution is -2.36. The molecule has 0 aliphatic heterocycles. The molecular formula is C16H21NO4. The molecule has 1 amide bonds. The van der Waals surface area contributed by atoms with E-state index in [9.17, 15) is 14.7 Å². The molecule has 5 nitrogen and oxygen atoms in total. The first kappa shape index (κ1) is 16.8. The third-order valence-electron chi connectivity index (χ3n) is 3.01. The second-order valence-electron chi connectivity index (χ2n) is 5.05. The summed E-state index contributed by atoms with van der Waals surface area (Å²) in [6, 6.07) is 6.54. The quantitative estimate of drug-likeness (QED) is 0.757. The highest BCUT2D eigenvalue weighted by molar-refractivity contribution is 5.92. The molecule has 1 aromatic rings. The van der Waals surface area contributed by atoms with E-state index in [1.807, 2.05) is 13.8 Å². The fourth-order valence-corrected chi connectivity index (χ4v) is 1.87. The summed E-state index contributed by atoms with van der Waals surface area (Å²) in [5.41, 5.74) is 0.815. The van der Waals surface area contributed by atoms with Crippen molar-refractivity contribution in [2.75, 3.05) is 6.54 Å². The summed E-state index contributed by atoms with van der Waals surface area (Å²) in [4.78, 5) is 24.3. The number of benzene rings is 1. The highest BCUT2D eigenvalue weighted by atomic mass is 16.4. The molecule has 5 heteroatoms. The number of phenolic OH excluding ortho intramolecular Hbond substituents is 1. The van der Waals surface area contributed by atoms with Crippen molar-refractivity contribution in [2.24, 2.45) is 0 Å². The minimum atomic E-state index is -0.856. The summed E-state index contributed by atoms with van der Waals surface area (Å²) < 4.78 is 0. The van der Waals surface area contributed by atoms with E-state index in [2.05, 4.69) is 0 Å². The summed E-state index contributed by atoms with van der Waals surface area (Å²) in [5, 5.41) is 17.8. The lowest BCUT2D eigenvalue weighted by Gasteiger charge is -2.25. The third-order valence-corrected chi connectivity index (χ3v) is 3.01. The second-order valence-corrected chi connectivity index (χ2v) is 5.05. The normalized spacial score (nSPS) is 11.0. The van der Waals surface area contributed by atoms with Gasteiger partial charge < -0.3 is 15.1 Å². The van der Waals surface area contributed by atoms with Crippen molar-refractivity contribution in [3.05, 3.63) is 35.9 Å². The fraction of sp³-hybridized carbons (Fsp3) is 0.375. The predicted molar refractivity (Wildman–Crippen MR) is 80.9 cm³/mol. The lowest BCUT2D eigenvalue weighted by molar-refractivity contribution is -0.138. The number of carbonyl (C=O) groups excluding carboxylic acids is 1. The summed E-state index contributed by atoms with van der Waals surface area (Å²) in [7, 11) is 0. The Morgan fingerprint density at radius 2 is 1.86 bits per heavy atom. The number of rotatable bonds is 7. The van der Waals surface area contributed by atoms with Crippen LogP contribution in [0.1, 0.15) is 32.3 Å². The average Bonchev–Trinajstić information content (AvgIpc) is 2.42. The maximum atomic E-state index is 12.1. The van der Waals surface area contributed by atoms with Crippen molar-refractivity contribution >= 4 is 18.0 Å². The molecule has 0 unspecified atom stereocenters. The molecular weight excluding hydrogens is 270 g/mol. The maximum absolute atomic E-state index is 12.1. The summed E-state index contributed by atoms with van der Waals surface area (Å²) in [6.45, 7) is 4.21. The molecule has 0 fully saturated rings. The van der Waals surface area contributed by atoms with Gasteiger partial charge in [-0.1, -0.05) is 12.1 Å². The number of hydrogen-bond donors (Lipinski definition) is 2. The van der Waals surface area contributed by atoms with Gasteiger partial charge in [-0.25, -0.2) is 0 Å². The number of amides is 1. The Morgan fingerprint density at radius 3 is 2.38 bits per heavy atom. The monoisotopic (exact) mass is 291 g/mol. The number of phenols is 1. The molecule has 0 saturated heterocycles. The number of carbonyl (C=O) groups is 2. The molecule has 0 atom stereocenters. The first-order valence-electron chi connectivity index (χ1n) is 6.89. The molecule has 2 N–H and O–H groups in total. The van der Waals surface area contributed by atoms with E-state index in [1.54, 1.807) is 35.2 Å². The van der Waals surface area contributed by atoms with E-state index < -0.39 is 5.97 Å². The Hall–Kier alpha value is -2.30. The van der Waals surface area contributed by atoms with Crippen LogP contribution in [-0.2, 0) is 9.59 Å². The SMILES string of the molecule is CC(C)N(CCCC(=O)O)C(=O)/C=C/c1ccc(O)cc1. The van der Waals surface area contributed by atoms with Crippen molar-refractivity contribution in [3.63, 3.8) is 0 Å². The largest absolute Gasteiger partial charge is 0.508 e. The van der Waals surface area contributed by atoms with Crippen molar-refractivity contribution in [1.82, 2.24) is 4.90 Å². The van der Waals surface area contributed by atoms with E-state index in [-0.39, 0.29) is 24.1 Å². The van der Waals surface area contributed by atoms with Gasteiger partial charge in [0.15, 0.2) is 0 Å². The first-order valence-corrected chi connectivity index (χ1v) is 6.89. The summed E-state index contributed by atoms with van der Waals surface area (Å²) >= 11 is 0. The van der Waals surface area contributed by atoms with Crippen LogP contribution in [0.5, 0.6) is 5.75 Å². The van der Waals surface area contributed by atoms with E-state index in [4.69, 9.17) is 5.11 Å². The van der Waals surface area contributed by atoms with Crippen molar-refractivity contribution < 1.29 is 19.8 Å². The molecule has 0 saturated carbocycles. The van der Waals surface area contributed by atoms with E-state index in [0.29, 0.717) is 13.0 Å². The summed E-state index contributed by atoms with van der Waals surface area (Å²) in [5.74, 6) is -0.829. The maximum Gasteiger partial charge on any atom is 0.303 e. The molecule has 0 heterocycles. The number of carboxylic acids is 1. The van der Waals surface area contributed by atoms with Gasteiger partial charge in [-0.15, -0.1) is 0 Å². The molecule has 0 radical (unpaired) electrons. The van der Waals surface area contributed by atoms with Gasteiger partial charge in [-0.05, 0) is 44.0 Å². The molecule has 114 valence electrons. The molecule has 0 aromatic heterocycles. The van der Waals surface area contributed by atoms with Gasteiger partial charge in [-0.2, -0.15) is 0 Å². The van der Waals surface area contributed by atoms with Gasteiger partial charge in [0.25, 0.3) is 0 Å². The number of nitrogens with zero attached hydrogens (tertiary/aromatic N) is 1. The van der Waals surface area contributed by atoms with Crippen molar-refractivity contribution in [3.8, 4) is 5.75 Å². The van der Waals surface area contributed by atoms with Gasteiger partial charge in [0.1, 0.15) is 5.75 Å². The Bertz CT molecular complexity index is 506. The van der Waals surface area contributed by atoms with Crippen LogP contribution >= 0.6 is 0 Å². The molecule has 0 bridgehead atoms. The Labute approximate surface area is 124 Å². The molecule has 0 aliphatic rings. The minimum Gasteiger partial charge on any atom is -0.508 e. The van der Waals surface area contributed by atoms with Gasteiger partial charge in [0, 0.05) is 25.1 Å². The predicted octanol–water partition coefficient (Wildman–Crippen LogP) is 2.51. The zero-order valence-electron chi connectivity index (χ0n) is 12.3. The third kappa shape index (κ3) is 6.12. The standard InChI is InChI=1S/C16H21NO4/c1-12(2)17(11-3-4-16(20)21)15(19)10-7-13-5-8-14(18)9-6-13/h5-10,12,18H,3-4,11H2,1-2H3,(H,20,21)/b10-7+. The molecule has 1 aromatic carbocycles. The zero-order chi connectivity index (χ0) is 15.8. The molecule has 0 spiro atoms. The van der Waals surface area contributed by atoms with Gasteiger partial charge in [0.05, 0.1) is 0 Å². The Kier molecular flexibility index (Phi) is 6.46. The smallest absolute Gasteiger partial charge is 0.303 e. The van der Waals surface area contributed by atoms with Gasteiger partial charge in [-0.3, -0.25) is 9.59 Å². The molecule has 21 heavy (non-hydrogen) atoms. The zero-order valence-corrected chi connectivity index (χ0v) is 12.3. The molecule has 1 rings (SSSR count). The first-order chi connectivity index (χ1) is 9.90. The second kappa shape index (κ2) is 8.09. The lowest BCUT2D eigenvalue weighted by atomic mass is 10.2. The highest BCUT2D eigenvalue weighted by Gasteiger charge is 2.14.